The number of hydrogen-bond acceptors (Lipinski definition) is 3. The predicted octanol–water partition coefficient (Wildman–Crippen LogP) is 3.98. The second kappa shape index (κ2) is 11.0. The van der Waals surface area contributed by atoms with Crippen LogP contribution in [0.1, 0.15) is 16.7 Å². The number of benzene rings is 2. The Morgan fingerprint density at radius 3 is 2.03 bits per heavy atom. The Labute approximate surface area is 192 Å². The van der Waals surface area contributed by atoms with Crippen LogP contribution in [0.3, 0.4) is 0 Å². The van der Waals surface area contributed by atoms with Crippen LogP contribution in [0.2, 0.25) is 0 Å². The van der Waals surface area contributed by atoms with E-state index in [0.717, 1.165) is 23.3 Å². The van der Waals surface area contributed by atoms with Crippen molar-refractivity contribution >= 4 is 39.8 Å². The van der Waals surface area contributed by atoms with Gasteiger partial charge in [0.15, 0.2) is 15.8 Å². The van der Waals surface area contributed by atoms with E-state index in [1.54, 1.807) is 38.4 Å². The zero-order valence-corrected chi connectivity index (χ0v) is 20.0. The van der Waals surface area contributed by atoms with Crippen molar-refractivity contribution in [2.75, 3.05) is 26.9 Å². The fourth-order valence-electron chi connectivity index (χ4n) is 2.75. The standard InChI is InChI=1S/C20H24F3N3O2S.HI/c1-24-19(25-13-12-15-6-10-18(11-7-15)29(3,27)28)26(2)14-16-4-8-17(9-5-16)20(21,22)23;/h4-11H,12-14H2,1-3H3,(H,24,25);1H. The number of halogens is 4. The van der Waals surface area contributed by atoms with Crippen LogP contribution in [0.15, 0.2) is 58.4 Å². The van der Waals surface area contributed by atoms with E-state index >= 15 is 0 Å². The summed E-state index contributed by atoms with van der Waals surface area (Å²) in [6.07, 6.45) is -2.52. The number of hydrogen-bond donors (Lipinski definition) is 1. The van der Waals surface area contributed by atoms with Crippen LogP contribution in [0.25, 0.3) is 0 Å². The molecule has 0 heterocycles. The van der Waals surface area contributed by atoms with Crippen LogP contribution < -0.4 is 5.32 Å². The molecule has 0 fully saturated rings. The lowest BCUT2D eigenvalue weighted by atomic mass is 10.1. The SMILES string of the molecule is CN=C(NCCc1ccc(S(C)(=O)=O)cc1)N(C)Cc1ccc(C(F)(F)F)cc1.I. The number of nitrogens with one attached hydrogen (secondary N) is 1. The lowest BCUT2D eigenvalue weighted by Crippen LogP contribution is -2.39. The zero-order valence-electron chi connectivity index (χ0n) is 16.9. The molecule has 0 aromatic heterocycles. The van der Waals surface area contributed by atoms with Gasteiger partial charge in [0.25, 0.3) is 0 Å². The van der Waals surface area contributed by atoms with Crippen molar-refractivity contribution in [3.63, 3.8) is 0 Å². The van der Waals surface area contributed by atoms with Crippen LogP contribution in [0.4, 0.5) is 13.2 Å². The van der Waals surface area contributed by atoms with Crippen LogP contribution >= 0.6 is 24.0 Å². The third-order valence-electron chi connectivity index (χ3n) is 4.32. The van der Waals surface area contributed by atoms with Crippen molar-refractivity contribution in [2.24, 2.45) is 4.99 Å². The molecule has 2 rings (SSSR count). The number of guanidine groups is 1. The maximum absolute atomic E-state index is 12.7. The van der Waals surface area contributed by atoms with E-state index in [0.29, 0.717) is 25.5 Å². The molecule has 30 heavy (non-hydrogen) atoms. The summed E-state index contributed by atoms with van der Waals surface area (Å²) < 4.78 is 60.9. The quantitative estimate of drug-likeness (QED) is 0.333. The van der Waals surface area contributed by atoms with Gasteiger partial charge < -0.3 is 10.2 Å². The average molecular weight is 555 g/mol. The molecule has 166 valence electrons. The fraction of sp³-hybridized carbons (Fsp3) is 0.350. The fourth-order valence-corrected chi connectivity index (χ4v) is 3.39. The van der Waals surface area contributed by atoms with Crippen LogP contribution in [0, 0.1) is 0 Å². The number of sulfone groups is 1. The first-order valence-electron chi connectivity index (χ1n) is 8.87. The van der Waals surface area contributed by atoms with Gasteiger partial charge >= 0.3 is 6.18 Å². The molecule has 0 bridgehead atoms. The summed E-state index contributed by atoms with van der Waals surface area (Å²) in [4.78, 5) is 6.28. The third-order valence-corrected chi connectivity index (χ3v) is 5.45. The minimum absolute atomic E-state index is 0. The molecule has 0 aliphatic carbocycles. The molecule has 2 aromatic carbocycles. The lowest BCUT2D eigenvalue weighted by molar-refractivity contribution is -0.137. The Kier molecular flexibility index (Phi) is 9.60. The summed E-state index contributed by atoms with van der Waals surface area (Å²) in [6.45, 7) is 0.975. The van der Waals surface area contributed by atoms with Gasteiger partial charge in [-0.2, -0.15) is 13.2 Å². The van der Waals surface area contributed by atoms with Crippen molar-refractivity contribution in [1.29, 1.82) is 0 Å². The van der Waals surface area contributed by atoms with Gasteiger partial charge in [0.05, 0.1) is 10.5 Å². The molecule has 0 radical (unpaired) electrons. The summed E-state index contributed by atoms with van der Waals surface area (Å²) in [5.41, 5.74) is 1.04. The monoisotopic (exact) mass is 555 g/mol. The summed E-state index contributed by atoms with van der Waals surface area (Å²) in [6, 6.07) is 11.7. The maximum Gasteiger partial charge on any atom is 0.416 e. The van der Waals surface area contributed by atoms with Gasteiger partial charge in [-0.25, -0.2) is 8.42 Å². The summed E-state index contributed by atoms with van der Waals surface area (Å²) in [5.74, 6) is 0.609. The zero-order chi connectivity index (χ0) is 21.7. The topological polar surface area (TPSA) is 61.8 Å². The Hall–Kier alpha value is -1.82. The molecule has 1 N–H and O–H groups in total. The predicted molar refractivity (Wildman–Crippen MR) is 123 cm³/mol. The van der Waals surface area contributed by atoms with Crippen molar-refractivity contribution in [2.45, 2.75) is 24.0 Å². The smallest absolute Gasteiger partial charge is 0.356 e. The summed E-state index contributed by atoms with van der Waals surface area (Å²) >= 11 is 0. The van der Waals surface area contributed by atoms with Gasteiger partial charge in [-0.15, -0.1) is 24.0 Å². The van der Waals surface area contributed by atoms with E-state index < -0.39 is 21.6 Å². The normalized spacial score (nSPS) is 12.3. The Balaban J connectivity index is 0.00000450. The molecule has 0 unspecified atom stereocenters. The minimum atomic E-state index is -4.35. The van der Waals surface area contributed by atoms with Crippen LogP contribution in [-0.2, 0) is 29.0 Å². The average Bonchev–Trinajstić information content (AvgIpc) is 2.64. The first-order chi connectivity index (χ1) is 13.5. The molecule has 0 saturated carbocycles. The van der Waals surface area contributed by atoms with Gasteiger partial charge in [0.2, 0.25) is 0 Å². The highest BCUT2D eigenvalue weighted by Gasteiger charge is 2.29. The molecule has 10 heteroatoms. The first-order valence-corrected chi connectivity index (χ1v) is 10.8. The molecular formula is C20H25F3IN3O2S. The van der Waals surface area contributed by atoms with E-state index in [4.69, 9.17) is 0 Å². The molecule has 0 spiro atoms. The highest BCUT2D eigenvalue weighted by Crippen LogP contribution is 2.29. The molecule has 0 aliphatic rings. The maximum atomic E-state index is 12.7. The molecule has 0 aliphatic heterocycles. The van der Waals surface area contributed by atoms with Crippen LogP contribution in [0.5, 0.6) is 0 Å². The minimum Gasteiger partial charge on any atom is -0.356 e. The van der Waals surface area contributed by atoms with E-state index in [1.807, 2.05) is 4.90 Å². The van der Waals surface area contributed by atoms with E-state index in [1.165, 1.54) is 18.4 Å². The summed E-state index contributed by atoms with van der Waals surface area (Å²) in [7, 11) is 0.218. The summed E-state index contributed by atoms with van der Waals surface area (Å²) in [5, 5.41) is 3.20. The van der Waals surface area contributed by atoms with Crippen molar-refractivity contribution in [1.82, 2.24) is 10.2 Å². The largest absolute Gasteiger partial charge is 0.416 e. The van der Waals surface area contributed by atoms with Crippen molar-refractivity contribution < 1.29 is 21.6 Å². The second-order valence-corrected chi connectivity index (χ2v) is 8.71. The second-order valence-electron chi connectivity index (χ2n) is 6.69. The number of alkyl halides is 3. The Bertz CT molecular complexity index is 945. The van der Waals surface area contributed by atoms with Crippen molar-refractivity contribution in [3.05, 3.63) is 65.2 Å². The number of rotatable bonds is 6. The van der Waals surface area contributed by atoms with Gasteiger partial charge in [-0.3, -0.25) is 4.99 Å². The van der Waals surface area contributed by atoms with Gasteiger partial charge in [0.1, 0.15) is 0 Å². The van der Waals surface area contributed by atoms with Crippen LogP contribution in [-0.4, -0.2) is 46.2 Å². The van der Waals surface area contributed by atoms with Gasteiger partial charge in [-0.1, -0.05) is 24.3 Å². The van der Waals surface area contributed by atoms with Crippen molar-refractivity contribution in [3.8, 4) is 0 Å². The molecule has 0 saturated heterocycles. The highest BCUT2D eigenvalue weighted by molar-refractivity contribution is 14.0. The van der Waals surface area contributed by atoms with E-state index in [-0.39, 0.29) is 28.9 Å². The number of aliphatic imine (C=N–C) groups is 1. The van der Waals surface area contributed by atoms with Gasteiger partial charge in [0, 0.05) is 33.4 Å². The molecule has 5 nitrogen and oxygen atoms in total. The molecular weight excluding hydrogens is 530 g/mol. The third kappa shape index (κ3) is 7.78. The van der Waals surface area contributed by atoms with E-state index in [2.05, 4.69) is 10.3 Å². The molecule has 0 amide bonds. The van der Waals surface area contributed by atoms with E-state index in [9.17, 15) is 21.6 Å². The molecule has 0 atom stereocenters. The Morgan fingerprint density at radius 2 is 1.57 bits per heavy atom. The Morgan fingerprint density at radius 1 is 1.03 bits per heavy atom. The lowest BCUT2D eigenvalue weighted by Gasteiger charge is -2.22. The highest BCUT2D eigenvalue weighted by atomic mass is 127. The number of nitrogens with zero attached hydrogens (tertiary/aromatic N) is 2. The first kappa shape index (κ1) is 26.2. The van der Waals surface area contributed by atoms with Gasteiger partial charge in [-0.05, 0) is 41.8 Å². The molecule has 2 aromatic rings.